The number of thiophene rings is 1. The van der Waals surface area contributed by atoms with E-state index in [0.29, 0.717) is 0 Å². The molecule has 0 aliphatic heterocycles. The van der Waals surface area contributed by atoms with E-state index in [9.17, 15) is 0 Å². The van der Waals surface area contributed by atoms with Gasteiger partial charge < -0.3 is 4.90 Å². The molecule has 0 amide bonds. The zero-order valence-corrected chi connectivity index (χ0v) is 24.8. The van der Waals surface area contributed by atoms with Gasteiger partial charge in [0, 0.05) is 37.2 Å². The van der Waals surface area contributed by atoms with Gasteiger partial charge in [0.2, 0.25) is 0 Å². The van der Waals surface area contributed by atoms with Gasteiger partial charge in [-0.2, -0.15) is 0 Å². The smallest absolute Gasteiger partial charge is 0.0468 e. The average molecular weight is 578 g/mol. The van der Waals surface area contributed by atoms with Crippen molar-refractivity contribution in [2.75, 3.05) is 4.90 Å². The lowest BCUT2D eigenvalue weighted by Crippen LogP contribution is -2.09. The molecule has 0 N–H and O–H groups in total. The largest absolute Gasteiger partial charge is 0.310 e. The van der Waals surface area contributed by atoms with Crippen LogP contribution in [0.2, 0.25) is 0 Å². The van der Waals surface area contributed by atoms with E-state index in [0.717, 1.165) is 17.1 Å². The van der Waals surface area contributed by atoms with Crippen LogP contribution in [0.3, 0.4) is 0 Å². The number of rotatable bonds is 4. The second kappa shape index (κ2) is 10.1. The molecular weight excluding hydrogens is 551 g/mol. The predicted octanol–water partition coefficient (Wildman–Crippen LogP) is 12.7. The quantitative estimate of drug-likeness (QED) is 0.188. The highest BCUT2D eigenvalue weighted by Gasteiger charge is 2.16. The number of fused-ring (bicyclic) bond motifs is 9. The van der Waals surface area contributed by atoms with E-state index < -0.39 is 0 Å². The van der Waals surface area contributed by atoms with Crippen molar-refractivity contribution in [3.63, 3.8) is 0 Å². The van der Waals surface area contributed by atoms with E-state index in [2.05, 4.69) is 169 Å². The molecule has 9 aromatic rings. The molecule has 0 aliphatic rings. The summed E-state index contributed by atoms with van der Waals surface area (Å²) in [6.45, 7) is 0. The van der Waals surface area contributed by atoms with Gasteiger partial charge in [-0.15, -0.1) is 11.3 Å². The van der Waals surface area contributed by atoms with Crippen molar-refractivity contribution in [2.24, 2.45) is 0 Å². The molecule has 0 saturated carbocycles. The molecule has 0 atom stereocenters. The zero-order valence-electron chi connectivity index (χ0n) is 23.9. The van der Waals surface area contributed by atoms with Crippen molar-refractivity contribution in [2.45, 2.75) is 0 Å². The van der Waals surface area contributed by atoms with Crippen LogP contribution in [0.5, 0.6) is 0 Å². The number of hydrogen-bond acceptors (Lipinski definition) is 2. The highest BCUT2D eigenvalue weighted by atomic mass is 32.1. The van der Waals surface area contributed by atoms with Gasteiger partial charge in [-0.1, -0.05) is 121 Å². The second-order valence-corrected chi connectivity index (χ2v) is 12.4. The maximum atomic E-state index is 2.37. The van der Waals surface area contributed by atoms with Crippen LogP contribution in [0.1, 0.15) is 0 Å². The monoisotopic (exact) mass is 577 g/mol. The Morgan fingerprint density at radius 1 is 0.341 bits per heavy atom. The van der Waals surface area contributed by atoms with Crippen molar-refractivity contribution < 1.29 is 0 Å². The minimum absolute atomic E-state index is 1.13. The lowest BCUT2D eigenvalue weighted by atomic mass is 9.94. The van der Waals surface area contributed by atoms with Crippen molar-refractivity contribution in [1.82, 2.24) is 0 Å². The van der Waals surface area contributed by atoms with Gasteiger partial charge in [-0.25, -0.2) is 0 Å². The molecule has 44 heavy (non-hydrogen) atoms. The summed E-state index contributed by atoms with van der Waals surface area (Å²) < 4.78 is 2.67. The fourth-order valence-corrected chi connectivity index (χ4v) is 8.06. The molecule has 0 unspecified atom stereocenters. The van der Waals surface area contributed by atoms with E-state index in [1.807, 2.05) is 11.3 Å². The molecule has 0 saturated heterocycles. The summed E-state index contributed by atoms with van der Waals surface area (Å²) in [7, 11) is 0. The summed E-state index contributed by atoms with van der Waals surface area (Å²) in [5.41, 5.74) is 5.92. The minimum atomic E-state index is 1.13. The summed E-state index contributed by atoms with van der Waals surface area (Å²) in [5, 5.41) is 10.4. The molecular formula is C42H27NS. The van der Waals surface area contributed by atoms with Gasteiger partial charge in [-0.05, 0) is 85.9 Å². The highest BCUT2D eigenvalue weighted by Crippen LogP contribution is 2.43. The Bertz CT molecular complexity index is 2450. The number of benzene rings is 8. The average Bonchev–Trinajstić information content (AvgIpc) is 3.48. The third-order valence-electron chi connectivity index (χ3n) is 8.84. The van der Waals surface area contributed by atoms with Crippen LogP contribution in [0.15, 0.2) is 164 Å². The predicted molar refractivity (Wildman–Crippen MR) is 192 cm³/mol. The third kappa shape index (κ3) is 3.92. The zero-order chi connectivity index (χ0) is 29.0. The molecule has 0 fully saturated rings. The first-order chi connectivity index (χ1) is 21.8. The molecule has 2 heteroatoms. The molecule has 8 aromatic carbocycles. The van der Waals surface area contributed by atoms with Gasteiger partial charge >= 0.3 is 0 Å². The van der Waals surface area contributed by atoms with Crippen LogP contribution in [0, 0.1) is 0 Å². The Kier molecular flexibility index (Phi) is 5.75. The summed E-state index contributed by atoms with van der Waals surface area (Å²) in [6, 6.07) is 59.6. The molecule has 0 aliphatic carbocycles. The van der Waals surface area contributed by atoms with Gasteiger partial charge in [0.05, 0.1) is 0 Å². The second-order valence-electron chi connectivity index (χ2n) is 11.3. The van der Waals surface area contributed by atoms with E-state index in [1.54, 1.807) is 0 Å². The third-order valence-corrected chi connectivity index (χ3v) is 10.1. The topological polar surface area (TPSA) is 3.24 Å². The van der Waals surface area contributed by atoms with Crippen molar-refractivity contribution in [3.8, 4) is 11.1 Å². The normalized spacial score (nSPS) is 11.6. The summed E-state index contributed by atoms with van der Waals surface area (Å²) >= 11 is 1.88. The van der Waals surface area contributed by atoms with Crippen LogP contribution < -0.4 is 4.90 Å². The van der Waals surface area contributed by atoms with E-state index in [-0.39, 0.29) is 0 Å². The lowest BCUT2D eigenvalue weighted by Gasteiger charge is -2.26. The standard InChI is InChI=1S/C42H27NS/c1-2-11-29(12-3-1)43(31-25-26-37-35-15-5-4-13-33(35)34-14-6-7-16-36(34)40(37)27-31)30-23-21-28(22-24-30)32-18-10-19-39-38-17-8-9-20-41(38)44-42(32)39/h1-27H. The fraction of sp³-hybridized carbons (Fsp3) is 0. The first-order valence-corrected chi connectivity index (χ1v) is 15.8. The first-order valence-electron chi connectivity index (χ1n) is 15.0. The van der Waals surface area contributed by atoms with Gasteiger partial charge in [-0.3, -0.25) is 0 Å². The molecule has 1 heterocycles. The maximum Gasteiger partial charge on any atom is 0.0468 e. The Hall–Kier alpha value is -5.44. The molecule has 0 bridgehead atoms. The molecule has 0 spiro atoms. The number of para-hydroxylation sites is 1. The fourth-order valence-electron chi connectivity index (χ4n) is 6.82. The van der Waals surface area contributed by atoms with Crippen LogP contribution >= 0.6 is 11.3 Å². The van der Waals surface area contributed by atoms with Crippen molar-refractivity contribution in [3.05, 3.63) is 164 Å². The first kappa shape index (κ1) is 25.1. The molecule has 1 aromatic heterocycles. The summed E-state index contributed by atoms with van der Waals surface area (Å²) in [5.74, 6) is 0. The Morgan fingerprint density at radius 3 is 1.57 bits per heavy atom. The maximum absolute atomic E-state index is 2.37. The lowest BCUT2D eigenvalue weighted by molar-refractivity contribution is 1.29. The van der Waals surface area contributed by atoms with Crippen LogP contribution in [-0.4, -0.2) is 0 Å². The van der Waals surface area contributed by atoms with Crippen LogP contribution in [0.4, 0.5) is 17.1 Å². The highest BCUT2D eigenvalue weighted by molar-refractivity contribution is 7.26. The van der Waals surface area contributed by atoms with Gasteiger partial charge in [0.25, 0.3) is 0 Å². The van der Waals surface area contributed by atoms with E-state index in [1.165, 1.54) is 63.6 Å². The van der Waals surface area contributed by atoms with Crippen molar-refractivity contribution >= 4 is 80.9 Å². The van der Waals surface area contributed by atoms with E-state index in [4.69, 9.17) is 0 Å². The minimum Gasteiger partial charge on any atom is -0.310 e. The van der Waals surface area contributed by atoms with Gasteiger partial charge in [0.1, 0.15) is 0 Å². The molecule has 206 valence electrons. The number of hydrogen-bond donors (Lipinski definition) is 0. The summed E-state index contributed by atoms with van der Waals surface area (Å²) in [4.78, 5) is 2.37. The van der Waals surface area contributed by atoms with Crippen LogP contribution in [0.25, 0.3) is 63.6 Å². The Morgan fingerprint density at radius 2 is 0.864 bits per heavy atom. The Labute approximate surface area is 259 Å². The molecule has 0 radical (unpaired) electrons. The SMILES string of the molecule is c1ccc(N(c2ccc(-c3cccc4c3sc3ccccc34)cc2)c2ccc3c4ccccc4c4ccccc4c3c2)cc1. The van der Waals surface area contributed by atoms with Crippen LogP contribution in [-0.2, 0) is 0 Å². The van der Waals surface area contributed by atoms with Gasteiger partial charge in [0.15, 0.2) is 0 Å². The summed E-state index contributed by atoms with van der Waals surface area (Å²) in [6.07, 6.45) is 0. The number of nitrogens with zero attached hydrogens (tertiary/aromatic N) is 1. The number of anilines is 3. The molecule has 9 rings (SSSR count). The Balaban J connectivity index is 1.21. The van der Waals surface area contributed by atoms with E-state index >= 15 is 0 Å². The molecule has 1 nitrogen and oxygen atoms in total. The van der Waals surface area contributed by atoms with Crippen molar-refractivity contribution in [1.29, 1.82) is 0 Å².